The van der Waals surface area contributed by atoms with Gasteiger partial charge in [0, 0.05) is 24.7 Å². The van der Waals surface area contributed by atoms with Crippen molar-refractivity contribution in [3.8, 4) is 0 Å². The molecule has 17 heavy (non-hydrogen) atoms. The number of benzene rings is 1. The topological polar surface area (TPSA) is 33.3 Å². The van der Waals surface area contributed by atoms with Gasteiger partial charge in [0.15, 0.2) is 5.11 Å². The number of thiocarbonyl (C=S) groups is 1. The summed E-state index contributed by atoms with van der Waals surface area (Å²) in [5.74, 6) is 0. The number of rotatable bonds is 5. The number of ether oxygens (including phenoxy) is 1. The molecule has 0 aromatic heterocycles. The van der Waals surface area contributed by atoms with E-state index in [0.29, 0.717) is 5.11 Å². The highest BCUT2D eigenvalue weighted by Gasteiger charge is 2.02. The molecule has 1 rings (SSSR count). The van der Waals surface area contributed by atoms with E-state index in [1.54, 1.807) is 7.11 Å². The van der Waals surface area contributed by atoms with E-state index in [2.05, 4.69) is 26.6 Å². The summed E-state index contributed by atoms with van der Waals surface area (Å²) < 4.78 is 5.97. The molecular weight excluding hydrogens is 300 g/mol. The number of halogens is 1. The number of nitrogens with one attached hydrogen (secondary N) is 2. The van der Waals surface area contributed by atoms with E-state index in [-0.39, 0.29) is 0 Å². The van der Waals surface area contributed by atoms with Crippen LogP contribution >= 0.6 is 28.1 Å². The molecule has 94 valence electrons. The fourth-order valence-corrected chi connectivity index (χ4v) is 1.88. The Morgan fingerprint density at radius 1 is 1.47 bits per heavy atom. The summed E-state index contributed by atoms with van der Waals surface area (Å²) in [6.07, 6.45) is 0.938. The maximum absolute atomic E-state index is 5.20. The normalized spacial score (nSPS) is 10.1. The molecule has 0 atom stereocenters. The molecule has 0 amide bonds. The lowest BCUT2D eigenvalue weighted by molar-refractivity contribution is 0.196. The Bertz CT molecular complexity index is 385. The number of hydrogen-bond acceptors (Lipinski definition) is 2. The van der Waals surface area contributed by atoms with Gasteiger partial charge in [0.1, 0.15) is 0 Å². The number of hydrogen-bond donors (Lipinski definition) is 2. The summed E-state index contributed by atoms with van der Waals surface area (Å²) in [4.78, 5) is 0. The van der Waals surface area contributed by atoms with Crippen LogP contribution in [-0.4, -0.2) is 25.4 Å². The molecule has 5 heteroatoms. The van der Waals surface area contributed by atoms with E-state index in [4.69, 9.17) is 17.0 Å². The van der Waals surface area contributed by atoms with Gasteiger partial charge in [-0.05, 0) is 59.2 Å². The first-order chi connectivity index (χ1) is 8.13. The van der Waals surface area contributed by atoms with Gasteiger partial charge < -0.3 is 15.4 Å². The monoisotopic (exact) mass is 316 g/mol. The maximum atomic E-state index is 5.20. The summed E-state index contributed by atoms with van der Waals surface area (Å²) in [6.45, 7) is 3.60. The number of methoxy groups -OCH3 is 1. The van der Waals surface area contributed by atoms with Gasteiger partial charge in [-0.15, -0.1) is 0 Å². The third-order valence-corrected chi connectivity index (χ3v) is 3.12. The summed E-state index contributed by atoms with van der Waals surface area (Å²) in [5.41, 5.74) is 2.17. The molecule has 0 aliphatic heterocycles. The van der Waals surface area contributed by atoms with E-state index in [9.17, 15) is 0 Å². The van der Waals surface area contributed by atoms with Gasteiger partial charge in [0.05, 0.1) is 5.69 Å². The van der Waals surface area contributed by atoms with Gasteiger partial charge in [-0.3, -0.25) is 0 Å². The lowest BCUT2D eigenvalue weighted by Gasteiger charge is -2.12. The zero-order valence-corrected chi connectivity index (χ0v) is 12.5. The Kier molecular flexibility index (Phi) is 6.47. The first-order valence-electron chi connectivity index (χ1n) is 5.43. The summed E-state index contributed by atoms with van der Waals surface area (Å²) >= 11 is 8.69. The average Bonchev–Trinajstić information content (AvgIpc) is 2.29. The highest BCUT2D eigenvalue weighted by Crippen LogP contribution is 2.23. The molecule has 0 saturated heterocycles. The van der Waals surface area contributed by atoms with Crippen LogP contribution in [0.1, 0.15) is 12.0 Å². The van der Waals surface area contributed by atoms with Crippen molar-refractivity contribution in [2.75, 3.05) is 25.6 Å². The second kappa shape index (κ2) is 7.63. The molecular formula is C12H17BrN2OS. The molecule has 0 bridgehead atoms. The molecule has 0 aliphatic carbocycles. The lowest BCUT2D eigenvalue weighted by atomic mass is 10.2. The molecule has 0 saturated carbocycles. The fourth-order valence-electron chi connectivity index (χ4n) is 1.32. The third-order valence-electron chi connectivity index (χ3n) is 2.18. The van der Waals surface area contributed by atoms with E-state index >= 15 is 0 Å². The molecule has 0 fully saturated rings. The smallest absolute Gasteiger partial charge is 0.170 e. The molecule has 2 N–H and O–H groups in total. The van der Waals surface area contributed by atoms with Gasteiger partial charge in [-0.2, -0.15) is 0 Å². The predicted molar refractivity (Wildman–Crippen MR) is 79.6 cm³/mol. The van der Waals surface area contributed by atoms with Crippen molar-refractivity contribution >= 4 is 38.9 Å². The third kappa shape index (κ3) is 5.48. The van der Waals surface area contributed by atoms with Crippen LogP contribution in [0.3, 0.4) is 0 Å². The molecule has 0 radical (unpaired) electrons. The van der Waals surface area contributed by atoms with Crippen LogP contribution in [-0.2, 0) is 4.74 Å². The minimum absolute atomic E-state index is 0.632. The van der Waals surface area contributed by atoms with Gasteiger partial charge >= 0.3 is 0 Å². The maximum Gasteiger partial charge on any atom is 0.170 e. The van der Waals surface area contributed by atoms with Crippen molar-refractivity contribution in [1.29, 1.82) is 0 Å². The van der Waals surface area contributed by atoms with Crippen molar-refractivity contribution < 1.29 is 4.74 Å². The number of anilines is 1. The van der Waals surface area contributed by atoms with E-state index < -0.39 is 0 Å². The summed E-state index contributed by atoms with van der Waals surface area (Å²) in [6, 6.07) is 6.10. The highest BCUT2D eigenvalue weighted by molar-refractivity contribution is 9.10. The van der Waals surface area contributed by atoms with Crippen LogP contribution in [0.4, 0.5) is 5.69 Å². The quantitative estimate of drug-likeness (QED) is 0.646. The Balaban J connectivity index is 2.42. The minimum Gasteiger partial charge on any atom is -0.385 e. The summed E-state index contributed by atoms with van der Waals surface area (Å²) in [5, 5.41) is 6.92. The van der Waals surface area contributed by atoms with Crippen molar-refractivity contribution in [3.63, 3.8) is 0 Å². The van der Waals surface area contributed by atoms with Crippen molar-refractivity contribution in [1.82, 2.24) is 5.32 Å². The molecule has 0 spiro atoms. The van der Waals surface area contributed by atoms with Gasteiger partial charge in [0.25, 0.3) is 0 Å². The predicted octanol–water partition coefficient (Wildman–Crippen LogP) is 3.08. The fraction of sp³-hybridized carbons (Fsp3) is 0.417. The standard InChI is InChI=1S/C12H17BrN2OS/c1-9-4-5-10(13)11(8-9)15-12(17)14-6-3-7-16-2/h4-5,8H,3,6-7H2,1-2H3,(H2,14,15,17). The summed E-state index contributed by atoms with van der Waals surface area (Å²) in [7, 11) is 1.69. The van der Waals surface area contributed by atoms with Crippen LogP contribution in [0, 0.1) is 6.92 Å². The van der Waals surface area contributed by atoms with Gasteiger partial charge in [0.2, 0.25) is 0 Å². The first kappa shape index (κ1) is 14.4. The molecule has 0 aliphatic rings. The number of aryl methyl sites for hydroxylation is 1. The van der Waals surface area contributed by atoms with E-state index in [1.807, 2.05) is 25.1 Å². The molecule has 0 unspecified atom stereocenters. The highest BCUT2D eigenvalue weighted by atomic mass is 79.9. The Morgan fingerprint density at radius 2 is 2.24 bits per heavy atom. The second-order valence-electron chi connectivity index (χ2n) is 3.71. The minimum atomic E-state index is 0.632. The molecule has 3 nitrogen and oxygen atoms in total. The Hall–Kier alpha value is -0.650. The first-order valence-corrected chi connectivity index (χ1v) is 6.63. The largest absolute Gasteiger partial charge is 0.385 e. The lowest BCUT2D eigenvalue weighted by Crippen LogP contribution is -2.29. The average molecular weight is 317 g/mol. The second-order valence-corrected chi connectivity index (χ2v) is 4.97. The van der Waals surface area contributed by atoms with Crippen molar-refractivity contribution in [3.05, 3.63) is 28.2 Å². The molecule has 0 heterocycles. The van der Waals surface area contributed by atoms with Crippen molar-refractivity contribution in [2.24, 2.45) is 0 Å². The van der Waals surface area contributed by atoms with Crippen LogP contribution in [0.5, 0.6) is 0 Å². The van der Waals surface area contributed by atoms with Crippen LogP contribution in [0.25, 0.3) is 0 Å². The Morgan fingerprint density at radius 3 is 2.94 bits per heavy atom. The zero-order chi connectivity index (χ0) is 12.7. The molecule has 1 aromatic carbocycles. The Labute approximate surface area is 116 Å². The van der Waals surface area contributed by atoms with Crippen molar-refractivity contribution in [2.45, 2.75) is 13.3 Å². The van der Waals surface area contributed by atoms with E-state index in [0.717, 1.165) is 29.7 Å². The van der Waals surface area contributed by atoms with Crippen LogP contribution in [0.15, 0.2) is 22.7 Å². The van der Waals surface area contributed by atoms with Crippen LogP contribution in [0.2, 0.25) is 0 Å². The van der Waals surface area contributed by atoms with Crippen LogP contribution < -0.4 is 10.6 Å². The molecule has 1 aromatic rings. The van der Waals surface area contributed by atoms with Gasteiger partial charge in [-0.1, -0.05) is 6.07 Å². The SMILES string of the molecule is COCCCNC(=S)Nc1cc(C)ccc1Br. The zero-order valence-electron chi connectivity index (χ0n) is 10.0. The van der Waals surface area contributed by atoms with Gasteiger partial charge in [-0.25, -0.2) is 0 Å². The van der Waals surface area contributed by atoms with E-state index in [1.165, 1.54) is 5.56 Å².